The van der Waals surface area contributed by atoms with Crippen LogP contribution in [0.5, 0.6) is 0 Å². The van der Waals surface area contributed by atoms with E-state index < -0.39 is 0 Å². The van der Waals surface area contributed by atoms with Gasteiger partial charge in [-0.1, -0.05) is 140 Å². The molecule has 0 aliphatic carbocycles. The second kappa shape index (κ2) is 11.5. The summed E-state index contributed by atoms with van der Waals surface area (Å²) in [6, 6.07) is 73.6. The molecular weight excluding hydrogens is 691 g/mol. The van der Waals surface area contributed by atoms with Crippen LogP contribution in [0.4, 0.5) is 0 Å². The van der Waals surface area contributed by atoms with Crippen LogP contribution in [0.15, 0.2) is 200 Å². The van der Waals surface area contributed by atoms with Gasteiger partial charge in [-0.25, -0.2) is 0 Å². The lowest BCUT2D eigenvalue weighted by Gasteiger charge is -2.17. The van der Waals surface area contributed by atoms with Gasteiger partial charge in [0.15, 0.2) is 0 Å². The van der Waals surface area contributed by atoms with E-state index in [9.17, 15) is 0 Å². The highest BCUT2D eigenvalue weighted by Crippen LogP contribution is 2.51. The standard InChI is InChI=1S/C54H33N3/c1-2-16-34(17-3-1)56-47-28-14-10-24-43(47)51-49-41-22-6-4-18-37(41)38-19-5-7-23-42(38)50(49)52-44-25-11-15-29-48(44)57(54(52)53(51)56)36-32-30-35(31-33-36)55-45-26-12-8-20-39(45)40-21-9-13-27-46(40)55/h1-33H. The average molecular weight is 724 g/mol. The first kappa shape index (κ1) is 30.7. The molecule has 3 nitrogen and oxygen atoms in total. The van der Waals surface area contributed by atoms with E-state index in [1.807, 2.05) is 0 Å². The molecule has 0 bridgehead atoms. The summed E-state index contributed by atoms with van der Waals surface area (Å²) in [6.07, 6.45) is 0. The molecule has 0 atom stereocenters. The lowest BCUT2D eigenvalue weighted by atomic mass is 9.89. The first-order valence-electron chi connectivity index (χ1n) is 19.7. The van der Waals surface area contributed by atoms with E-state index in [0.29, 0.717) is 0 Å². The third kappa shape index (κ3) is 4.05. The maximum atomic E-state index is 2.53. The molecule has 13 aromatic rings. The molecular formula is C54H33N3. The third-order valence-electron chi connectivity index (χ3n) is 12.4. The van der Waals surface area contributed by atoms with Crippen LogP contribution < -0.4 is 0 Å². The summed E-state index contributed by atoms with van der Waals surface area (Å²) in [7, 11) is 0. The van der Waals surface area contributed by atoms with E-state index in [2.05, 4.69) is 214 Å². The first-order chi connectivity index (χ1) is 28.3. The zero-order valence-corrected chi connectivity index (χ0v) is 30.9. The van der Waals surface area contributed by atoms with Gasteiger partial charge in [0.1, 0.15) is 0 Å². The van der Waals surface area contributed by atoms with Crippen molar-refractivity contribution >= 4 is 97.7 Å². The van der Waals surface area contributed by atoms with E-state index in [1.54, 1.807) is 0 Å². The molecule has 0 fully saturated rings. The number of hydrogen-bond donors (Lipinski definition) is 0. The highest BCUT2D eigenvalue weighted by Gasteiger charge is 2.27. The number of hydrogen-bond acceptors (Lipinski definition) is 0. The van der Waals surface area contributed by atoms with Crippen LogP contribution in [0.1, 0.15) is 0 Å². The second-order valence-corrected chi connectivity index (χ2v) is 15.2. The molecule has 0 spiro atoms. The Labute approximate surface area is 327 Å². The molecule has 0 saturated heterocycles. The molecule has 13 rings (SSSR count). The van der Waals surface area contributed by atoms with E-state index >= 15 is 0 Å². The average Bonchev–Trinajstić information content (AvgIpc) is 3.93. The van der Waals surface area contributed by atoms with Crippen molar-refractivity contribution in [2.45, 2.75) is 0 Å². The zero-order chi connectivity index (χ0) is 37.2. The maximum absolute atomic E-state index is 2.53. The van der Waals surface area contributed by atoms with Gasteiger partial charge >= 0.3 is 0 Å². The molecule has 3 aromatic heterocycles. The summed E-state index contributed by atoms with van der Waals surface area (Å²) in [4.78, 5) is 0. The van der Waals surface area contributed by atoms with Crippen LogP contribution >= 0.6 is 0 Å². The Morgan fingerprint density at radius 2 is 0.491 bits per heavy atom. The van der Waals surface area contributed by atoms with Gasteiger partial charge < -0.3 is 13.7 Å². The molecule has 3 heterocycles. The summed E-state index contributed by atoms with van der Waals surface area (Å²) in [5.41, 5.74) is 10.6. The van der Waals surface area contributed by atoms with Crippen LogP contribution in [0.25, 0.3) is 115 Å². The molecule has 0 radical (unpaired) electrons. The summed E-state index contributed by atoms with van der Waals surface area (Å²) in [6.45, 7) is 0. The molecule has 0 unspecified atom stereocenters. The minimum atomic E-state index is 1.13. The van der Waals surface area contributed by atoms with Gasteiger partial charge in [-0.15, -0.1) is 0 Å². The fourth-order valence-electron chi connectivity index (χ4n) is 10.2. The predicted octanol–water partition coefficient (Wildman–Crippen LogP) is 14.4. The Kier molecular flexibility index (Phi) is 6.16. The summed E-state index contributed by atoms with van der Waals surface area (Å²) in [5.74, 6) is 0. The topological polar surface area (TPSA) is 14.8 Å². The van der Waals surface area contributed by atoms with Gasteiger partial charge in [0.05, 0.1) is 33.1 Å². The normalized spacial score (nSPS) is 12.2. The third-order valence-corrected chi connectivity index (χ3v) is 12.4. The van der Waals surface area contributed by atoms with Crippen molar-refractivity contribution in [2.24, 2.45) is 0 Å². The molecule has 0 amide bonds. The molecule has 264 valence electrons. The van der Waals surface area contributed by atoms with Crippen molar-refractivity contribution in [1.29, 1.82) is 0 Å². The lowest BCUT2D eigenvalue weighted by Crippen LogP contribution is -2.00. The summed E-state index contributed by atoms with van der Waals surface area (Å²) in [5, 5.41) is 15.3. The Hall–Kier alpha value is -7.62. The van der Waals surface area contributed by atoms with Crippen molar-refractivity contribution in [3.8, 4) is 17.1 Å². The number of nitrogens with zero attached hydrogens (tertiary/aromatic N) is 3. The number of rotatable bonds is 3. The molecule has 10 aromatic carbocycles. The largest absolute Gasteiger partial charge is 0.309 e. The van der Waals surface area contributed by atoms with Crippen LogP contribution in [0.3, 0.4) is 0 Å². The fourth-order valence-corrected chi connectivity index (χ4v) is 10.2. The lowest BCUT2D eigenvalue weighted by molar-refractivity contribution is 1.13. The summed E-state index contributed by atoms with van der Waals surface area (Å²) >= 11 is 0. The van der Waals surface area contributed by atoms with Crippen molar-refractivity contribution in [3.05, 3.63) is 200 Å². The Morgan fingerprint density at radius 3 is 0.930 bits per heavy atom. The van der Waals surface area contributed by atoms with Gasteiger partial charge in [0.25, 0.3) is 0 Å². The zero-order valence-electron chi connectivity index (χ0n) is 30.9. The van der Waals surface area contributed by atoms with E-state index in [-0.39, 0.29) is 0 Å². The minimum absolute atomic E-state index is 1.13. The van der Waals surface area contributed by atoms with Gasteiger partial charge in [0.2, 0.25) is 0 Å². The van der Waals surface area contributed by atoms with Gasteiger partial charge in [-0.05, 0) is 82.2 Å². The van der Waals surface area contributed by atoms with E-state index in [4.69, 9.17) is 0 Å². The van der Waals surface area contributed by atoms with Crippen LogP contribution in [0.2, 0.25) is 0 Å². The molecule has 0 aliphatic rings. The van der Waals surface area contributed by atoms with Crippen LogP contribution in [0, 0.1) is 0 Å². The Morgan fingerprint density at radius 1 is 0.193 bits per heavy atom. The summed E-state index contributed by atoms with van der Waals surface area (Å²) < 4.78 is 7.44. The number of aromatic nitrogens is 3. The molecule has 57 heavy (non-hydrogen) atoms. The minimum Gasteiger partial charge on any atom is -0.309 e. The monoisotopic (exact) mass is 723 g/mol. The molecule has 3 heteroatoms. The molecule has 0 N–H and O–H groups in total. The van der Waals surface area contributed by atoms with Gasteiger partial charge in [0, 0.05) is 60.2 Å². The fraction of sp³-hybridized carbons (Fsp3) is 0. The van der Waals surface area contributed by atoms with Gasteiger partial charge in [-0.3, -0.25) is 0 Å². The molecule has 0 saturated carbocycles. The van der Waals surface area contributed by atoms with Crippen molar-refractivity contribution in [2.75, 3.05) is 0 Å². The molecule has 0 aliphatic heterocycles. The number of benzene rings is 10. The quantitative estimate of drug-likeness (QED) is 0.161. The van der Waals surface area contributed by atoms with Crippen LogP contribution in [-0.4, -0.2) is 13.7 Å². The van der Waals surface area contributed by atoms with Crippen molar-refractivity contribution in [1.82, 2.24) is 13.7 Å². The van der Waals surface area contributed by atoms with Crippen LogP contribution in [-0.2, 0) is 0 Å². The van der Waals surface area contributed by atoms with E-state index in [1.165, 1.54) is 97.7 Å². The van der Waals surface area contributed by atoms with Crippen molar-refractivity contribution in [3.63, 3.8) is 0 Å². The SMILES string of the molecule is c1ccc(-n2c3ccccc3c3c4c5ccccc5c5ccccc5c4c4c5ccccc5n(-c5ccc(-n6c7ccccc7c7ccccc76)cc5)c4c32)cc1. The van der Waals surface area contributed by atoms with Crippen molar-refractivity contribution < 1.29 is 0 Å². The Balaban J connectivity index is 1.25. The van der Waals surface area contributed by atoms with E-state index in [0.717, 1.165) is 17.1 Å². The Bertz CT molecular complexity index is 3730. The number of para-hydroxylation sites is 5. The number of fused-ring (bicyclic) bond motifs is 18. The maximum Gasteiger partial charge on any atom is 0.0795 e. The highest BCUT2D eigenvalue weighted by molar-refractivity contribution is 6.45. The smallest absolute Gasteiger partial charge is 0.0795 e. The van der Waals surface area contributed by atoms with Gasteiger partial charge in [-0.2, -0.15) is 0 Å². The highest BCUT2D eigenvalue weighted by atomic mass is 15.0. The first-order valence-corrected chi connectivity index (χ1v) is 19.7. The second-order valence-electron chi connectivity index (χ2n) is 15.2. The predicted molar refractivity (Wildman–Crippen MR) is 242 cm³/mol.